The van der Waals surface area contributed by atoms with Crippen LogP contribution in [0.3, 0.4) is 0 Å². The molecule has 1 atom stereocenters. The van der Waals surface area contributed by atoms with Gasteiger partial charge >= 0.3 is 0 Å². The molecule has 0 aliphatic heterocycles. The van der Waals surface area contributed by atoms with Gasteiger partial charge in [-0.25, -0.2) is 0 Å². The second kappa shape index (κ2) is 2.03. The van der Waals surface area contributed by atoms with Crippen LogP contribution in [0.25, 0.3) is 0 Å². The van der Waals surface area contributed by atoms with Crippen molar-refractivity contribution in [3.05, 3.63) is 0 Å². The minimum absolute atomic E-state index is 0.870. The zero-order chi connectivity index (χ0) is 5.15. The summed E-state index contributed by atoms with van der Waals surface area (Å²) in [4.78, 5) is 9.46. The van der Waals surface area contributed by atoms with Gasteiger partial charge in [-0.05, 0) is 6.92 Å². The molecule has 0 aliphatic carbocycles. The predicted octanol–water partition coefficient (Wildman–Crippen LogP) is -0.636. The van der Waals surface area contributed by atoms with Crippen molar-refractivity contribution in [1.29, 1.82) is 0 Å². The standard InChI is InChI=1S/C3H5ClO2/c1-2(4)3(5)6/h2H,1H3,(H,5,6)/p-1. The third-order valence-corrected chi connectivity index (χ3v) is 0.503. The van der Waals surface area contributed by atoms with Crippen molar-refractivity contribution in [1.82, 2.24) is 0 Å². The average Bonchev–Trinajstić information content (AvgIpc) is 1.36. The minimum Gasteiger partial charge on any atom is -0.549 e. The fourth-order valence-electron chi connectivity index (χ4n) is 0. The smallest absolute Gasteiger partial charge is 0.0702 e. The van der Waals surface area contributed by atoms with Crippen LogP contribution in [-0.4, -0.2) is 11.3 Å². The summed E-state index contributed by atoms with van der Waals surface area (Å²) in [5.74, 6) is -1.23. The highest BCUT2D eigenvalue weighted by molar-refractivity contribution is 6.28. The van der Waals surface area contributed by atoms with E-state index in [4.69, 9.17) is 11.6 Å². The molecule has 3 heteroatoms. The fraction of sp³-hybridized carbons (Fsp3) is 0.667. The molecule has 0 aromatic heterocycles. The number of rotatable bonds is 1. The molecular weight excluding hydrogens is 103 g/mol. The summed E-state index contributed by atoms with van der Waals surface area (Å²) >= 11 is 4.95. The SMILES string of the molecule is CC(Cl)C(=O)[O-]. The zero-order valence-electron chi connectivity index (χ0n) is 3.27. The van der Waals surface area contributed by atoms with Gasteiger partial charge in [0.2, 0.25) is 0 Å². The van der Waals surface area contributed by atoms with Gasteiger partial charge in [-0.3, -0.25) is 0 Å². The Morgan fingerprint density at radius 3 is 2.17 bits per heavy atom. The van der Waals surface area contributed by atoms with Gasteiger partial charge in [0.15, 0.2) is 0 Å². The second-order valence-corrected chi connectivity index (χ2v) is 1.59. The quantitative estimate of drug-likeness (QED) is 0.419. The molecule has 0 amide bonds. The van der Waals surface area contributed by atoms with Gasteiger partial charge in [0.05, 0.1) is 11.3 Å². The van der Waals surface area contributed by atoms with Gasteiger partial charge in [0.1, 0.15) is 0 Å². The number of aliphatic carboxylic acids is 1. The molecule has 1 unspecified atom stereocenters. The number of alkyl halides is 1. The van der Waals surface area contributed by atoms with Gasteiger partial charge in [-0.2, -0.15) is 0 Å². The molecule has 36 valence electrons. The molecule has 0 N–H and O–H groups in total. The Bertz CT molecular complexity index is 59.8. The third-order valence-electron chi connectivity index (χ3n) is 0.325. The molecule has 0 spiro atoms. The molecule has 0 radical (unpaired) electrons. The lowest BCUT2D eigenvalue weighted by Gasteiger charge is -1.98. The highest BCUT2D eigenvalue weighted by Gasteiger charge is 1.90. The van der Waals surface area contributed by atoms with Crippen molar-refractivity contribution in [2.75, 3.05) is 0 Å². The summed E-state index contributed by atoms with van der Waals surface area (Å²) in [7, 11) is 0. The minimum atomic E-state index is -1.23. The van der Waals surface area contributed by atoms with Crippen LogP contribution in [0, 0.1) is 0 Å². The topological polar surface area (TPSA) is 40.1 Å². The summed E-state index contributed by atoms with van der Waals surface area (Å²) in [5, 5.41) is 8.59. The van der Waals surface area contributed by atoms with Crippen molar-refractivity contribution in [2.24, 2.45) is 0 Å². The Kier molecular flexibility index (Phi) is 1.95. The van der Waals surface area contributed by atoms with E-state index in [0.29, 0.717) is 0 Å². The van der Waals surface area contributed by atoms with E-state index in [9.17, 15) is 9.90 Å². The number of carbonyl (C=O) groups is 1. The summed E-state index contributed by atoms with van der Waals surface area (Å²) in [5.41, 5.74) is 0. The summed E-state index contributed by atoms with van der Waals surface area (Å²) < 4.78 is 0. The Hall–Kier alpha value is -0.240. The maximum Gasteiger partial charge on any atom is 0.0702 e. The predicted molar refractivity (Wildman–Crippen MR) is 20.3 cm³/mol. The normalized spacial score (nSPS) is 13.7. The molecule has 0 saturated carbocycles. The van der Waals surface area contributed by atoms with Crippen LogP contribution < -0.4 is 5.11 Å². The van der Waals surface area contributed by atoms with Crippen LogP contribution in [0.1, 0.15) is 6.92 Å². The number of hydrogen-bond acceptors (Lipinski definition) is 2. The van der Waals surface area contributed by atoms with Crippen LogP contribution in [-0.2, 0) is 4.79 Å². The number of carbonyl (C=O) groups excluding carboxylic acids is 1. The van der Waals surface area contributed by atoms with Crippen LogP contribution >= 0.6 is 11.6 Å². The largest absolute Gasteiger partial charge is 0.549 e. The highest BCUT2D eigenvalue weighted by Crippen LogP contribution is 1.86. The maximum absolute atomic E-state index is 9.46. The monoisotopic (exact) mass is 107 g/mol. The van der Waals surface area contributed by atoms with E-state index in [-0.39, 0.29) is 0 Å². The van der Waals surface area contributed by atoms with Crippen LogP contribution in [0.5, 0.6) is 0 Å². The van der Waals surface area contributed by atoms with E-state index < -0.39 is 11.3 Å². The van der Waals surface area contributed by atoms with E-state index in [1.54, 1.807) is 0 Å². The maximum atomic E-state index is 9.46. The lowest BCUT2D eigenvalue weighted by molar-refractivity contribution is -0.304. The lowest BCUT2D eigenvalue weighted by Crippen LogP contribution is -2.29. The first-order valence-electron chi connectivity index (χ1n) is 1.49. The Balaban J connectivity index is 3.26. The zero-order valence-corrected chi connectivity index (χ0v) is 4.03. The van der Waals surface area contributed by atoms with Crippen molar-refractivity contribution in [3.63, 3.8) is 0 Å². The molecule has 0 aromatic rings. The van der Waals surface area contributed by atoms with Gasteiger partial charge in [-0.1, -0.05) is 0 Å². The molecule has 0 aliphatic rings. The van der Waals surface area contributed by atoms with Crippen LogP contribution in [0.2, 0.25) is 0 Å². The Labute approximate surface area is 40.7 Å². The first-order chi connectivity index (χ1) is 2.64. The number of carboxylic acids is 1. The average molecular weight is 108 g/mol. The highest BCUT2D eigenvalue weighted by atomic mass is 35.5. The third kappa shape index (κ3) is 2.03. The lowest BCUT2D eigenvalue weighted by atomic mass is 10.5. The number of hydrogen-bond donors (Lipinski definition) is 0. The molecule has 0 rings (SSSR count). The molecule has 0 fully saturated rings. The van der Waals surface area contributed by atoms with Gasteiger partial charge in [0, 0.05) is 0 Å². The van der Waals surface area contributed by atoms with E-state index in [1.165, 1.54) is 6.92 Å². The second-order valence-electron chi connectivity index (χ2n) is 0.935. The molecule has 0 heterocycles. The summed E-state index contributed by atoms with van der Waals surface area (Å²) in [6.07, 6.45) is 0. The van der Waals surface area contributed by atoms with E-state index in [2.05, 4.69) is 0 Å². The molecule has 2 nitrogen and oxygen atoms in total. The van der Waals surface area contributed by atoms with E-state index in [1.807, 2.05) is 0 Å². The molecular formula is C3H4ClO2-. The van der Waals surface area contributed by atoms with Gasteiger partial charge in [-0.15, -0.1) is 11.6 Å². The summed E-state index contributed by atoms with van der Waals surface area (Å²) in [6.45, 7) is 1.34. The van der Waals surface area contributed by atoms with Crippen molar-refractivity contribution < 1.29 is 9.90 Å². The first-order valence-corrected chi connectivity index (χ1v) is 1.93. The van der Waals surface area contributed by atoms with Crippen molar-refractivity contribution in [3.8, 4) is 0 Å². The molecule has 0 aromatic carbocycles. The number of halogens is 1. The van der Waals surface area contributed by atoms with E-state index in [0.717, 1.165) is 0 Å². The molecule has 6 heavy (non-hydrogen) atoms. The van der Waals surface area contributed by atoms with Crippen LogP contribution in [0.4, 0.5) is 0 Å². The molecule has 0 saturated heterocycles. The van der Waals surface area contributed by atoms with Gasteiger partial charge in [0.25, 0.3) is 0 Å². The van der Waals surface area contributed by atoms with Crippen molar-refractivity contribution >= 4 is 17.6 Å². The first kappa shape index (κ1) is 5.76. The van der Waals surface area contributed by atoms with Gasteiger partial charge < -0.3 is 9.90 Å². The Morgan fingerprint density at radius 2 is 2.17 bits per heavy atom. The van der Waals surface area contributed by atoms with Crippen LogP contribution in [0.15, 0.2) is 0 Å². The van der Waals surface area contributed by atoms with E-state index >= 15 is 0 Å². The number of carboxylic acid groups (broad SMARTS) is 1. The Morgan fingerprint density at radius 1 is 2.00 bits per heavy atom. The molecule has 0 bridgehead atoms. The van der Waals surface area contributed by atoms with Crippen molar-refractivity contribution in [2.45, 2.75) is 12.3 Å². The summed E-state index contributed by atoms with van der Waals surface area (Å²) in [6, 6.07) is 0. The fourth-order valence-corrected chi connectivity index (χ4v) is 0.